The molecule has 1 rings (SSSR count). The molecule has 0 unspecified atom stereocenters. The largest absolute Gasteiger partial charge is 0.450 e. The van der Waals surface area contributed by atoms with E-state index in [0.717, 1.165) is 12.8 Å². The average Bonchev–Trinajstić information content (AvgIpc) is 2.30. The van der Waals surface area contributed by atoms with E-state index in [4.69, 9.17) is 4.74 Å². The van der Waals surface area contributed by atoms with Gasteiger partial charge in [-0.3, -0.25) is 4.79 Å². The Morgan fingerprint density at radius 2 is 2.06 bits per heavy atom. The molecule has 5 nitrogen and oxygen atoms in total. The number of ether oxygens (including phenoxy) is 1. The van der Waals surface area contributed by atoms with Crippen LogP contribution in [0.25, 0.3) is 0 Å². The van der Waals surface area contributed by atoms with Crippen molar-refractivity contribution in [3.8, 4) is 0 Å². The maximum atomic E-state index is 11.4. The minimum absolute atomic E-state index is 0.00501. The van der Waals surface area contributed by atoms with Gasteiger partial charge >= 0.3 is 6.09 Å². The van der Waals surface area contributed by atoms with E-state index in [1.54, 1.807) is 11.8 Å². The van der Waals surface area contributed by atoms with Crippen LogP contribution in [0.4, 0.5) is 4.79 Å². The van der Waals surface area contributed by atoms with Gasteiger partial charge in [-0.1, -0.05) is 15.9 Å². The third-order valence-corrected chi connectivity index (χ3v) is 3.02. The summed E-state index contributed by atoms with van der Waals surface area (Å²) in [5.74, 6) is -0.00501. The second-order valence-electron chi connectivity index (χ2n) is 3.66. The molecule has 1 fully saturated rings. The number of piperidine rings is 1. The minimum atomic E-state index is -0.257. The van der Waals surface area contributed by atoms with Crippen molar-refractivity contribution < 1.29 is 14.3 Å². The highest BCUT2D eigenvalue weighted by molar-refractivity contribution is 9.09. The lowest BCUT2D eigenvalue weighted by Crippen LogP contribution is -2.46. The zero-order valence-corrected chi connectivity index (χ0v) is 11.0. The molecular formula is C10H17BrN2O3. The number of amides is 2. The highest BCUT2D eigenvalue weighted by atomic mass is 79.9. The highest BCUT2D eigenvalue weighted by Gasteiger charge is 2.24. The van der Waals surface area contributed by atoms with Crippen LogP contribution in [0.15, 0.2) is 0 Å². The SMILES string of the molecule is CCOC(=O)N1CCC(NC(=O)CBr)CC1. The Morgan fingerprint density at radius 1 is 1.44 bits per heavy atom. The molecule has 0 radical (unpaired) electrons. The van der Waals surface area contributed by atoms with Crippen LogP contribution in [0.1, 0.15) is 19.8 Å². The van der Waals surface area contributed by atoms with Gasteiger partial charge in [0.25, 0.3) is 0 Å². The number of halogens is 1. The first kappa shape index (κ1) is 13.3. The Balaban J connectivity index is 2.28. The van der Waals surface area contributed by atoms with Gasteiger partial charge in [0.2, 0.25) is 5.91 Å². The molecule has 1 saturated heterocycles. The fourth-order valence-electron chi connectivity index (χ4n) is 1.69. The predicted octanol–water partition coefficient (Wildman–Crippen LogP) is 1.12. The van der Waals surface area contributed by atoms with Crippen molar-refractivity contribution in [1.29, 1.82) is 0 Å². The number of rotatable bonds is 3. The van der Waals surface area contributed by atoms with Gasteiger partial charge in [0, 0.05) is 19.1 Å². The molecule has 0 aliphatic carbocycles. The summed E-state index contributed by atoms with van der Waals surface area (Å²) in [6.07, 6.45) is 1.32. The van der Waals surface area contributed by atoms with Gasteiger partial charge in [0.05, 0.1) is 11.9 Å². The molecule has 6 heteroatoms. The van der Waals surface area contributed by atoms with Crippen molar-refractivity contribution in [2.75, 3.05) is 25.0 Å². The van der Waals surface area contributed by atoms with Gasteiger partial charge in [-0.15, -0.1) is 0 Å². The van der Waals surface area contributed by atoms with Crippen molar-refractivity contribution in [2.45, 2.75) is 25.8 Å². The molecule has 1 aliphatic heterocycles. The maximum Gasteiger partial charge on any atom is 0.409 e. The summed E-state index contributed by atoms with van der Waals surface area (Å²) in [4.78, 5) is 24.2. The fourth-order valence-corrected chi connectivity index (χ4v) is 1.85. The molecule has 0 atom stereocenters. The number of carbonyl (C=O) groups is 2. The molecule has 0 bridgehead atoms. The van der Waals surface area contributed by atoms with Crippen molar-refractivity contribution >= 4 is 27.9 Å². The van der Waals surface area contributed by atoms with Crippen molar-refractivity contribution in [1.82, 2.24) is 10.2 Å². The standard InChI is InChI=1S/C10H17BrN2O3/c1-2-16-10(15)13-5-3-8(4-6-13)12-9(14)7-11/h8H,2-7H2,1H3,(H,12,14). The molecule has 0 spiro atoms. The Bertz CT molecular complexity index is 252. The normalized spacial score (nSPS) is 17.0. The number of carbonyl (C=O) groups excluding carboxylic acids is 2. The number of nitrogens with one attached hydrogen (secondary N) is 1. The van der Waals surface area contributed by atoms with Crippen LogP contribution in [0.3, 0.4) is 0 Å². The number of alkyl halides is 1. The van der Waals surface area contributed by atoms with Crippen LogP contribution in [0.5, 0.6) is 0 Å². The summed E-state index contributed by atoms with van der Waals surface area (Å²) in [5, 5.41) is 3.22. The van der Waals surface area contributed by atoms with Gasteiger partial charge in [-0.2, -0.15) is 0 Å². The first-order valence-electron chi connectivity index (χ1n) is 5.44. The zero-order valence-electron chi connectivity index (χ0n) is 9.37. The Morgan fingerprint density at radius 3 is 2.56 bits per heavy atom. The second-order valence-corrected chi connectivity index (χ2v) is 4.22. The predicted molar refractivity (Wildman–Crippen MR) is 63.6 cm³/mol. The molecule has 0 saturated carbocycles. The first-order valence-corrected chi connectivity index (χ1v) is 6.56. The molecule has 0 aromatic heterocycles. The molecule has 16 heavy (non-hydrogen) atoms. The van der Waals surface area contributed by atoms with E-state index in [2.05, 4.69) is 21.2 Å². The number of nitrogens with zero attached hydrogens (tertiary/aromatic N) is 1. The lowest BCUT2D eigenvalue weighted by Gasteiger charge is -2.31. The summed E-state index contributed by atoms with van der Waals surface area (Å²) in [7, 11) is 0. The van der Waals surface area contributed by atoms with E-state index >= 15 is 0 Å². The van der Waals surface area contributed by atoms with Crippen molar-refractivity contribution in [2.24, 2.45) is 0 Å². The molecule has 0 aromatic carbocycles. The Hall–Kier alpha value is -0.780. The van der Waals surface area contributed by atoms with Crippen LogP contribution in [0, 0.1) is 0 Å². The van der Waals surface area contributed by atoms with Gasteiger partial charge in [-0.05, 0) is 19.8 Å². The first-order chi connectivity index (χ1) is 7.67. The zero-order chi connectivity index (χ0) is 12.0. The molecule has 0 aromatic rings. The molecule has 1 aliphatic rings. The summed E-state index contributed by atoms with van der Waals surface area (Å²) < 4.78 is 4.91. The monoisotopic (exact) mass is 292 g/mol. The highest BCUT2D eigenvalue weighted by Crippen LogP contribution is 2.11. The number of hydrogen-bond acceptors (Lipinski definition) is 3. The summed E-state index contributed by atoms with van der Waals surface area (Å²) in [5.41, 5.74) is 0. The third-order valence-electron chi connectivity index (χ3n) is 2.51. The van der Waals surface area contributed by atoms with Crippen molar-refractivity contribution in [3.63, 3.8) is 0 Å². The van der Waals surface area contributed by atoms with Crippen molar-refractivity contribution in [3.05, 3.63) is 0 Å². The topological polar surface area (TPSA) is 58.6 Å². The van der Waals surface area contributed by atoms with E-state index in [0.29, 0.717) is 25.0 Å². The van der Waals surface area contributed by atoms with E-state index < -0.39 is 0 Å². The van der Waals surface area contributed by atoms with Gasteiger partial charge < -0.3 is 15.0 Å². The summed E-state index contributed by atoms with van der Waals surface area (Å²) in [6, 6.07) is 0.177. The van der Waals surface area contributed by atoms with E-state index in [9.17, 15) is 9.59 Å². The van der Waals surface area contributed by atoms with E-state index in [1.807, 2.05) is 0 Å². The van der Waals surface area contributed by atoms with E-state index in [1.165, 1.54) is 0 Å². The lowest BCUT2D eigenvalue weighted by atomic mass is 10.1. The fraction of sp³-hybridized carbons (Fsp3) is 0.800. The second kappa shape index (κ2) is 6.73. The van der Waals surface area contributed by atoms with Gasteiger partial charge in [-0.25, -0.2) is 4.79 Å². The van der Waals surface area contributed by atoms with Crippen LogP contribution in [-0.2, 0) is 9.53 Å². The van der Waals surface area contributed by atoms with Crippen LogP contribution in [-0.4, -0.2) is 48.0 Å². The molecule has 2 amide bonds. The van der Waals surface area contributed by atoms with Crippen LogP contribution >= 0.6 is 15.9 Å². The average molecular weight is 293 g/mol. The number of likely N-dealkylation sites (tertiary alicyclic amines) is 1. The summed E-state index contributed by atoms with van der Waals surface area (Å²) in [6.45, 7) is 3.48. The molecular weight excluding hydrogens is 276 g/mol. The summed E-state index contributed by atoms with van der Waals surface area (Å²) >= 11 is 3.10. The van der Waals surface area contributed by atoms with Gasteiger partial charge in [0.15, 0.2) is 0 Å². The third kappa shape index (κ3) is 4.00. The van der Waals surface area contributed by atoms with E-state index in [-0.39, 0.29) is 18.0 Å². The smallest absolute Gasteiger partial charge is 0.409 e. The molecule has 92 valence electrons. The maximum absolute atomic E-state index is 11.4. The Labute approximate surface area is 104 Å². The van der Waals surface area contributed by atoms with Crippen LogP contribution < -0.4 is 5.32 Å². The minimum Gasteiger partial charge on any atom is -0.450 e. The van der Waals surface area contributed by atoms with Crippen LogP contribution in [0.2, 0.25) is 0 Å². The quantitative estimate of drug-likeness (QED) is 0.793. The molecule has 1 N–H and O–H groups in total. The number of hydrogen-bond donors (Lipinski definition) is 1. The lowest BCUT2D eigenvalue weighted by molar-refractivity contribution is -0.119. The van der Waals surface area contributed by atoms with Gasteiger partial charge in [0.1, 0.15) is 0 Å². The Kier molecular flexibility index (Phi) is 5.59. The molecule has 1 heterocycles.